The number of rotatable bonds is 2. The van der Waals surface area contributed by atoms with E-state index in [1.54, 1.807) is 22.3 Å². The Kier molecular flexibility index (Phi) is 17.6. The zero-order valence-electron chi connectivity index (χ0n) is 43.3. The Hall–Kier alpha value is -2.04. The number of furan rings is 2. The van der Waals surface area contributed by atoms with Gasteiger partial charge in [-0.3, -0.25) is 0 Å². The third kappa shape index (κ3) is 15.1. The molecule has 4 aromatic heterocycles. The van der Waals surface area contributed by atoms with E-state index in [-0.39, 0.29) is 43.3 Å². The van der Waals surface area contributed by atoms with Gasteiger partial charge in [-0.2, -0.15) is 0 Å². The van der Waals surface area contributed by atoms with E-state index in [0.29, 0.717) is 11.8 Å². The van der Waals surface area contributed by atoms with Crippen molar-refractivity contribution in [2.45, 2.75) is 249 Å². The van der Waals surface area contributed by atoms with E-state index in [9.17, 15) is 0 Å². The van der Waals surface area contributed by atoms with Gasteiger partial charge in [0.2, 0.25) is 0 Å². The maximum absolute atomic E-state index is 5.85. The van der Waals surface area contributed by atoms with Crippen LogP contribution in [0, 0.1) is 0 Å². The number of hydrogen-bond donors (Lipinski definition) is 0. The molecule has 4 heterocycles. The van der Waals surface area contributed by atoms with E-state index in [4.69, 9.17) is 8.83 Å². The van der Waals surface area contributed by atoms with Crippen molar-refractivity contribution >= 4 is 22.7 Å². The molecule has 0 aliphatic rings. The van der Waals surface area contributed by atoms with Crippen LogP contribution in [0.3, 0.4) is 0 Å². The zero-order valence-corrected chi connectivity index (χ0v) is 44.9. The number of thiophene rings is 2. The van der Waals surface area contributed by atoms with Crippen molar-refractivity contribution in [2.75, 3.05) is 0 Å². The summed E-state index contributed by atoms with van der Waals surface area (Å²) in [6, 6.07) is 4.35. The third-order valence-electron chi connectivity index (χ3n) is 10.1. The van der Waals surface area contributed by atoms with Crippen LogP contribution in [0.1, 0.15) is 260 Å². The molecule has 0 saturated heterocycles. The molecule has 4 rings (SSSR count). The lowest BCUT2D eigenvalue weighted by molar-refractivity contribution is 0.392. The average molecular weight is 837 g/mol. The van der Waals surface area contributed by atoms with Gasteiger partial charge in [-0.05, 0) is 95.0 Å². The summed E-state index contributed by atoms with van der Waals surface area (Å²) < 4.78 is 11.4. The van der Waals surface area contributed by atoms with Crippen molar-refractivity contribution < 1.29 is 8.83 Å². The highest BCUT2D eigenvalue weighted by atomic mass is 32.1. The second-order valence-corrected chi connectivity index (χ2v) is 27.2. The summed E-state index contributed by atoms with van der Waals surface area (Å²) in [4.78, 5) is 3.09. The smallest absolute Gasteiger partial charge is 0.113 e. The largest absolute Gasteiger partial charge is 0.468 e. The highest BCUT2D eigenvalue weighted by Crippen LogP contribution is 2.44. The van der Waals surface area contributed by atoms with Gasteiger partial charge in [0, 0.05) is 26.1 Å². The highest BCUT2D eigenvalue weighted by molar-refractivity contribution is 7.10. The molecule has 2 nitrogen and oxygen atoms in total. The average Bonchev–Trinajstić information content (AvgIpc) is 3.80. The summed E-state index contributed by atoms with van der Waals surface area (Å²) in [6.07, 6.45) is 3.74. The van der Waals surface area contributed by atoms with Crippen LogP contribution in [-0.4, -0.2) is 0 Å². The third-order valence-corrected chi connectivity index (χ3v) is 12.8. The van der Waals surface area contributed by atoms with Crippen LogP contribution >= 0.6 is 22.7 Å². The Morgan fingerprint density at radius 1 is 0.397 bits per heavy atom. The number of hydrogen-bond acceptors (Lipinski definition) is 4. The molecule has 332 valence electrons. The van der Waals surface area contributed by atoms with Crippen LogP contribution in [0.15, 0.2) is 44.3 Å². The van der Waals surface area contributed by atoms with Crippen molar-refractivity contribution in [1.29, 1.82) is 0 Å². The Balaban J connectivity index is 0.000000389. The fourth-order valence-corrected chi connectivity index (χ4v) is 9.93. The lowest BCUT2D eigenvalue weighted by atomic mass is 9.76. The van der Waals surface area contributed by atoms with Gasteiger partial charge < -0.3 is 8.83 Å². The van der Waals surface area contributed by atoms with Gasteiger partial charge >= 0.3 is 0 Å². The van der Waals surface area contributed by atoms with Crippen molar-refractivity contribution in [3.05, 3.63) is 90.1 Å². The SMILES string of the molecule is CC(C)(C)c1ccoc1C(C)(C)C.CC(C)(C)c1ccsc1C(C)(C)C.CC(C)c1coc(C(C)(C)C)c1C(C)(C)C.CC(C)c1csc(C(C)(C)C)c1C(C)(C)C. The van der Waals surface area contributed by atoms with Gasteiger partial charge in [0.25, 0.3) is 0 Å². The second kappa shape index (κ2) is 18.9. The molecule has 0 amide bonds. The van der Waals surface area contributed by atoms with Crippen LogP contribution in [0.4, 0.5) is 0 Å². The van der Waals surface area contributed by atoms with Gasteiger partial charge in [-0.15, -0.1) is 22.7 Å². The van der Waals surface area contributed by atoms with Crippen LogP contribution in [-0.2, 0) is 43.3 Å². The normalized spacial score (nSPS) is 13.5. The first-order valence-electron chi connectivity index (χ1n) is 22.0. The molecule has 0 radical (unpaired) electrons. The van der Waals surface area contributed by atoms with Crippen molar-refractivity contribution in [3.63, 3.8) is 0 Å². The van der Waals surface area contributed by atoms with Crippen molar-refractivity contribution in [2.24, 2.45) is 0 Å². The fourth-order valence-electron chi connectivity index (χ4n) is 7.20. The van der Waals surface area contributed by atoms with E-state index < -0.39 is 0 Å². The fraction of sp³-hybridized carbons (Fsp3) is 0.704. The molecule has 0 aromatic carbocycles. The summed E-state index contributed by atoms with van der Waals surface area (Å²) in [6.45, 7) is 63.3. The minimum absolute atomic E-state index is 0.0791. The lowest BCUT2D eigenvalue weighted by Crippen LogP contribution is -2.21. The van der Waals surface area contributed by atoms with E-state index >= 15 is 0 Å². The van der Waals surface area contributed by atoms with Crippen LogP contribution < -0.4 is 0 Å². The first-order chi connectivity index (χ1) is 25.6. The zero-order chi connectivity index (χ0) is 46.0. The van der Waals surface area contributed by atoms with Crippen LogP contribution in [0.2, 0.25) is 0 Å². The van der Waals surface area contributed by atoms with E-state index in [1.165, 1.54) is 27.1 Å². The van der Waals surface area contributed by atoms with Crippen LogP contribution in [0.5, 0.6) is 0 Å². The topological polar surface area (TPSA) is 26.3 Å². The molecule has 0 saturated carbocycles. The first-order valence-corrected chi connectivity index (χ1v) is 23.7. The summed E-state index contributed by atoms with van der Waals surface area (Å²) in [5.74, 6) is 3.40. The van der Waals surface area contributed by atoms with Gasteiger partial charge in [0.15, 0.2) is 0 Å². The second-order valence-electron chi connectivity index (χ2n) is 25.4. The van der Waals surface area contributed by atoms with Crippen LogP contribution in [0.25, 0.3) is 0 Å². The molecule has 4 heteroatoms. The standard InChI is InChI=1S/C15H26O.C15H26S.C12H20O.C12H20S/c2*1-10(2)11-9-16-13(15(6,7)8)12(11)14(3,4)5;2*1-11(2,3)9-7-8-13-10(9)12(4,5)6/h2*9-10H,1-8H3;2*7-8H,1-6H3. The lowest BCUT2D eigenvalue weighted by Gasteiger charge is -2.28. The van der Waals surface area contributed by atoms with E-state index in [2.05, 4.69) is 217 Å². The molecule has 0 aliphatic heterocycles. The minimum Gasteiger partial charge on any atom is -0.468 e. The van der Waals surface area contributed by atoms with E-state index in [1.807, 2.05) is 28.9 Å². The Morgan fingerprint density at radius 2 is 0.828 bits per heavy atom. The molecule has 0 spiro atoms. The summed E-state index contributed by atoms with van der Waals surface area (Å²) >= 11 is 3.82. The predicted molar refractivity (Wildman–Crippen MR) is 264 cm³/mol. The molecule has 0 atom stereocenters. The molecule has 0 fully saturated rings. The molecule has 58 heavy (non-hydrogen) atoms. The monoisotopic (exact) mass is 837 g/mol. The molecule has 4 aromatic rings. The first kappa shape index (κ1) is 54.0. The van der Waals surface area contributed by atoms with Gasteiger partial charge in [0.05, 0.1) is 12.5 Å². The quantitative estimate of drug-likeness (QED) is 0.201. The Bertz CT molecular complexity index is 1630. The maximum atomic E-state index is 5.85. The molecule has 0 N–H and O–H groups in total. The summed E-state index contributed by atoms with van der Waals surface area (Å²) in [5, 5.41) is 4.58. The molecular weight excluding hydrogens is 745 g/mol. The van der Waals surface area contributed by atoms with Gasteiger partial charge in [-0.1, -0.05) is 194 Å². The van der Waals surface area contributed by atoms with Crippen molar-refractivity contribution in [1.82, 2.24) is 0 Å². The molecule has 0 aliphatic carbocycles. The maximum Gasteiger partial charge on any atom is 0.113 e. The summed E-state index contributed by atoms with van der Waals surface area (Å²) in [7, 11) is 0. The Morgan fingerprint density at radius 3 is 1.14 bits per heavy atom. The van der Waals surface area contributed by atoms with Gasteiger partial charge in [-0.25, -0.2) is 0 Å². The predicted octanol–water partition coefficient (Wildman–Crippen LogP) is 18.7. The molecule has 0 bridgehead atoms. The summed E-state index contributed by atoms with van der Waals surface area (Å²) in [5.41, 5.74) is 10.3. The molecule has 0 unspecified atom stereocenters. The Labute approximate surface area is 368 Å². The van der Waals surface area contributed by atoms with Gasteiger partial charge in [0.1, 0.15) is 11.5 Å². The van der Waals surface area contributed by atoms with E-state index in [0.717, 1.165) is 11.5 Å². The van der Waals surface area contributed by atoms with Crippen molar-refractivity contribution in [3.8, 4) is 0 Å². The molecular formula is C54H92O2S2. The highest BCUT2D eigenvalue weighted by Gasteiger charge is 2.33. The minimum atomic E-state index is 0.0791.